The van der Waals surface area contributed by atoms with Crippen molar-refractivity contribution in [1.82, 2.24) is 5.32 Å². The minimum Gasteiger partial charge on any atom is -0.396 e. The second-order valence-electron chi connectivity index (χ2n) is 3.90. The van der Waals surface area contributed by atoms with Crippen LogP contribution in [0.3, 0.4) is 0 Å². The summed E-state index contributed by atoms with van der Waals surface area (Å²) in [6.07, 6.45) is 3.53. The summed E-state index contributed by atoms with van der Waals surface area (Å²) in [5, 5.41) is 12.3. The van der Waals surface area contributed by atoms with E-state index in [0.717, 1.165) is 0 Å². The molecule has 0 aliphatic heterocycles. The molecule has 1 rings (SSSR count). The molecule has 98 valence electrons. The maximum atomic E-state index is 11.5. The first-order chi connectivity index (χ1) is 8.54. The van der Waals surface area contributed by atoms with Crippen LogP contribution < -0.4 is 5.32 Å². The number of carbonyl (C=O) groups excluding carboxylic acids is 1. The van der Waals surface area contributed by atoms with Crippen LogP contribution in [0.15, 0.2) is 24.3 Å². The standard InChI is InChI=1S/C13H15Cl2NO2/c1-9(7-8-17)16-12(18)6-5-10-3-2-4-11(14)13(10)15/h2-6,9,17H,7-8H2,1H3,(H,16,18)/b6-5+. The zero-order chi connectivity index (χ0) is 13.5. The molecular formula is C13H15Cl2NO2. The highest BCUT2D eigenvalue weighted by atomic mass is 35.5. The number of aliphatic hydroxyl groups is 1. The van der Waals surface area contributed by atoms with Gasteiger partial charge in [0.2, 0.25) is 5.91 Å². The molecule has 0 heterocycles. The van der Waals surface area contributed by atoms with Gasteiger partial charge in [-0.05, 0) is 31.1 Å². The third-order valence-corrected chi connectivity index (χ3v) is 3.18. The Balaban J connectivity index is 2.64. The van der Waals surface area contributed by atoms with E-state index in [1.165, 1.54) is 6.08 Å². The number of halogens is 2. The van der Waals surface area contributed by atoms with Crippen molar-refractivity contribution >= 4 is 35.2 Å². The number of carbonyl (C=O) groups is 1. The quantitative estimate of drug-likeness (QED) is 0.818. The number of nitrogens with one attached hydrogen (secondary N) is 1. The number of amides is 1. The molecule has 18 heavy (non-hydrogen) atoms. The van der Waals surface area contributed by atoms with Crippen LogP contribution in [-0.4, -0.2) is 23.7 Å². The second-order valence-corrected chi connectivity index (χ2v) is 4.68. The van der Waals surface area contributed by atoms with Crippen molar-refractivity contribution in [2.75, 3.05) is 6.61 Å². The molecular weight excluding hydrogens is 273 g/mol. The summed E-state index contributed by atoms with van der Waals surface area (Å²) >= 11 is 11.8. The van der Waals surface area contributed by atoms with Gasteiger partial charge in [-0.15, -0.1) is 0 Å². The van der Waals surface area contributed by atoms with Crippen molar-refractivity contribution in [3.05, 3.63) is 39.9 Å². The van der Waals surface area contributed by atoms with Gasteiger partial charge in [0, 0.05) is 18.7 Å². The lowest BCUT2D eigenvalue weighted by Gasteiger charge is -2.10. The molecule has 0 radical (unpaired) electrons. The first-order valence-corrected chi connectivity index (χ1v) is 6.33. The van der Waals surface area contributed by atoms with Crippen molar-refractivity contribution in [2.45, 2.75) is 19.4 Å². The number of aliphatic hydroxyl groups excluding tert-OH is 1. The Morgan fingerprint density at radius 1 is 1.50 bits per heavy atom. The lowest BCUT2D eigenvalue weighted by Crippen LogP contribution is -2.31. The van der Waals surface area contributed by atoms with Crippen LogP contribution in [0.25, 0.3) is 6.08 Å². The molecule has 3 nitrogen and oxygen atoms in total. The average Bonchev–Trinajstić information content (AvgIpc) is 2.31. The van der Waals surface area contributed by atoms with Crippen LogP contribution in [0.1, 0.15) is 18.9 Å². The number of rotatable bonds is 5. The maximum absolute atomic E-state index is 11.5. The lowest BCUT2D eigenvalue weighted by atomic mass is 10.2. The summed E-state index contributed by atoms with van der Waals surface area (Å²) in [4.78, 5) is 11.5. The zero-order valence-electron chi connectivity index (χ0n) is 9.99. The van der Waals surface area contributed by atoms with Crippen LogP contribution >= 0.6 is 23.2 Å². The highest BCUT2D eigenvalue weighted by Crippen LogP contribution is 2.26. The smallest absolute Gasteiger partial charge is 0.244 e. The monoisotopic (exact) mass is 287 g/mol. The summed E-state index contributed by atoms with van der Waals surface area (Å²) in [5.41, 5.74) is 0.689. The van der Waals surface area contributed by atoms with E-state index in [1.807, 2.05) is 6.92 Å². The molecule has 0 spiro atoms. The van der Waals surface area contributed by atoms with Gasteiger partial charge >= 0.3 is 0 Å². The second kappa shape index (κ2) is 7.41. The normalized spacial score (nSPS) is 12.7. The molecule has 1 aromatic carbocycles. The molecule has 0 aliphatic rings. The first-order valence-electron chi connectivity index (χ1n) is 5.58. The first kappa shape index (κ1) is 15.0. The van der Waals surface area contributed by atoms with E-state index in [0.29, 0.717) is 22.0 Å². The van der Waals surface area contributed by atoms with Crippen molar-refractivity contribution in [3.63, 3.8) is 0 Å². The Bertz CT molecular complexity index is 447. The van der Waals surface area contributed by atoms with Crippen molar-refractivity contribution in [2.24, 2.45) is 0 Å². The molecule has 1 unspecified atom stereocenters. The van der Waals surface area contributed by atoms with E-state index in [1.54, 1.807) is 24.3 Å². The van der Waals surface area contributed by atoms with Crippen LogP contribution in [0, 0.1) is 0 Å². The third-order valence-electron chi connectivity index (χ3n) is 2.35. The number of hydrogen-bond donors (Lipinski definition) is 2. The fourth-order valence-electron chi connectivity index (χ4n) is 1.37. The Hall–Kier alpha value is -1.03. The molecule has 0 saturated carbocycles. The molecule has 2 N–H and O–H groups in total. The topological polar surface area (TPSA) is 49.3 Å². The maximum Gasteiger partial charge on any atom is 0.244 e. The molecule has 0 fully saturated rings. The Morgan fingerprint density at radius 3 is 2.89 bits per heavy atom. The average molecular weight is 288 g/mol. The van der Waals surface area contributed by atoms with Crippen molar-refractivity contribution in [1.29, 1.82) is 0 Å². The van der Waals surface area contributed by atoms with E-state index in [-0.39, 0.29) is 18.6 Å². The van der Waals surface area contributed by atoms with Crippen LogP contribution in [0.2, 0.25) is 10.0 Å². The van der Waals surface area contributed by atoms with Crippen LogP contribution in [0.4, 0.5) is 0 Å². The Morgan fingerprint density at radius 2 is 2.22 bits per heavy atom. The Labute approximate surface area is 116 Å². The van der Waals surface area contributed by atoms with Gasteiger partial charge in [-0.25, -0.2) is 0 Å². The molecule has 0 aliphatic carbocycles. The lowest BCUT2D eigenvalue weighted by molar-refractivity contribution is -0.117. The number of hydrogen-bond acceptors (Lipinski definition) is 2. The van der Waals surface area contributed by atoms with Crippen LogP contribution in [0.5, 0.6) is 0 Å². The highest BCUT2D eigenvalue weighted by Gasteiger charge is 2.04. The van der Waals surface area contributed by atoms with E-state index in [4.69, 9.17) is 28.3 Å². The molecule has 1 aromatic rings. The van der Waals surface area contributed by atoms with Crippen molar-refractivity contribution in [3.8, 4) is 0 Å². The molecule has 0 bridgehead atoms. The summed E-state index contributed by atoms with van der Waals surface area (Å²) in [6.45, 7) is 1.87. The molecule has 1 atom stereocenters. The van der Waals surface area contributed by atoms with Gasteiger partial charge in [-0.1, -0.05) is 35.3 Å². The van der Waals surface area contributed by atoms with Gasteiger partial charge in [0.25, 0.3) is 0 Å². The van der Waals surface area contributed by atoms with Crippen molar-refractivity contribution < 1.29 is 9.90 Å². The summed E-state index contributed by atoms with van der Waals surface area (Å²) < 4.78 is 0. The molecule has 5 heteroatoms. The molecule has 0 saturated heterocycles. The fraction of sp³-hybridized carbons (Fsp3) is 0.308. The van der Waals surface area contributed by atoms with E-state index in [9.17, 15) is 4.79 Å². The largest absolute Gasteiger partial charge is 0.396 e. The molecule has 0 aromatic heterocycles. The van der Waals surface area contributed by atoms with Gasteiger partial charge in [-0.3, -0.25) is 4.79 Å². The summed E-state index contributed by atoms with van der Waals surface area (Å²) in [6, 6.07) is 5.15. The summed E-state index contributed by atoms with van der Waals surface area (Å²) in [7, 11) is 0. The van der Waals surface area contributed by atoms with E-state index >= 15 is 0 Å². The van der Waals surface area contributed by atoms with E-state index < -0.39 is 0 Å². The minimum atomic E-state index is -0.230. The van der Waals surface area contributed by atoms with Crippen LogP contribution in [-0.2, 0) is 4.79 Å². The van der Waals surface area contributed by atoms with Gasteiger partial charge in [-0.2, -0.15) is 0 Å². The summed E-state index contributed by atoms with van der Waals surface area (Å²) in [5.74, 6) is -0.230. The fourth-order valence-corrected chi connectivity index (χ4v) is 1.74. The predicted molar refractivity (Wildman–Crippen MR) is 74.8 cm³/mol. The molecule has 1 amide bonds. The third kappa shape index (κ3) is 4.69. The highest BCUT2D eigenvalue weighted by molar-refractivity contribution is 6.42. The predicted octanol–water partition coefficient (Wildman–Crippen LogP) is 2.89. The number of benzene rings is 1. The van der Waals surface area contributed by atoms with E-state index in [2.05, 4.69) is 5.32 Å². The zero-order valence-corrected chi connectivity index (χ0v) is 11.5. The SMILES string of the molecule is CC(CCO)NC(=O)/C=C/c1cccc(Cl)c1Cl. The van der Waals surface area contributed by atoms with Gasteiger partial charge in [0.1, 0.15) is 0 Å². The Kier molecular flexibility index (Phi) is 6.19. The van der Waals surface area contributed by atoms with Gasteiger partial charge in [0.15, 0.2) is 0 Å². The van der Waals surface area contributed by atoms with Gasteiger partial charge < -0.3 is 10.4 Å². The van der Waals surface area contributed by atoms with Gasteiger partial charge in [0.05, 0.1) is 10.0 Å². The minimum absolute atomic E-state index is 0.0469.